The van der Waals surface area contributed by atoms with Crippen LogP contribution in [0, 0.1) is 18.8 Å². The molecule has 3 N–H and O–H groups in total. The molecule has 1 atom stereocenters. The first-order valence-electron chi connectivity index (χ1n) is 8.38. The number of carbonyl (C=O) groups is 1. The van der Waals surface area contributed by atoms with E-state index in [2.05, 4.69) is 11.8 Å². The minimum atomic E-state index is -0.559. The second kappa shape index (κ2) is 9.63. The number of carbonyl (C=O) groups excluding carboxylic acids is 1. The van der Waals surface area contributed by atoms with E-state index in [4.69, 9.17) is 5.21 Å². The highest BCUT2D eigenvalue weighted by Gasteiger charge is 2.07. The lowest BCUT2D eigenvalue weighted by atomic mass is 10.0. The summed E-state index contributed by atoms with van der Waals surface area (Å²) in [4.78, 5) is 10.9. The van der Waals surface area contributed by atoms with E-state index in [1.807, 2.05) is 55.5 Å². The highest BCUT2D eigenvalue weighted by atomic mass is 16.5. The second-order valence-corrected chi connectivity index (χ2v) is 6.03. The minimum Gasteiger partial charge on any atom is -0.388 e. The van der Waals surface area contributed by atoms with Crippen molar-refractivity contribution in [3.63, 3.8) is 0 Å². The van der Waals surface area contributed by atoms with Crippen molar-refractivity contribution in [3.8, 4) is 11.8 Å². The predicted molar refractivity (Wildman–Crippen MR) is 97.0 cm³/mol. The lowest BCUT2D eigenvalue weighted by Gasteiger charge is -2.10. The number of rotatable bonds is 6. The minimum absolute atomic E-state index is 0.261. The van der Waals surface area contributed by atoms with Crippen molar-refractivity contribution < 1.29 is 15.1 Å². The Bertz CT molecular complexity index is 739. The number of aryl methyl sites for hydroxylation is 1. The predicted octanol–water partition coefficient (Wildman–Crippen LogP) is 3.49. The smallest absolute Gasteiger partial charge is 0.243 e. The lowest BCUT2D eigenvalue weighted by molar-refractivity contribution is -0.129. The van der Waals surface area contributed by atoms with Crippen LogP contribution < -0.4 is 5.48 Å². The van der Waals surface area contributed by atoms with E-state index in [0.717, 1.165) is 16.7 Å². The molecule has 0 radical (unpaired) electrons. The average Bonchev–Trinajstić information content (AvgIpc) is 2.64. The molecule has 2 aromatic carbocycles. The Labute approximate surface area is 148 Å². The average molecular weight is 337 g/mol. The van der Waals surface area contributed by atoms with Crippen LogP contribution in [0.15, 0.2) is 48.5 Å². The second-order valence-electron chi connectivity index (χ2n) is 6.03. The van der Waals surface area contributed by atoms with Gasteiger partial charge in [0.05, 0.1) is 6.10 Å². The molecular formula is C21H23NO3. The Balaban J connectivity index is 1.86. The fourth-order valence-corrected chi connectivity index (χ4v) is 2.42. The molecule has 0 fully saturated rings. The van der Waals surface area contributed by atoms with Gasteiger partial charge in [-0.25, -0.2) is 5.48 Å². The first kappa shape index (κ1) is 18.7. The van der Waals surface area contributed by atoms with Crippen LogP contribution in [-0.2, 0) is 4.79 Å². The highest BCUT2D eigenvalue weighted by molar-refractivity contribution is 5.74. The number of aliphatic hydroxyl groups is 1. The van der Waals surface area contributed by atoms with Gasteiger partial charge < -0.3 is 5.11 Å². The van der Waals surface area contributed by atoms with Gasteiger partial charge in [0, 0.05) is 17.5 Å². The first-order chi connectivity index (χ1) is 12.1. The van der Waals surface area contributed by atoms with Gasteiger partial charge in [0.25, 0.3) is 0 Å². The molecule has 0 bridgehead atoms. The van der Waals surface area contributed by atoms with Crippen LogP contribution in [0.25, 0.3) is 0 Å². The van der Waals surface area contributed by atoms with Gasteiger partial charge in [0.1, 0.15) is 0 Å². The molecule has 0 saturated carbocycles. The zero-order valence-electron chi connectivity index (χ0n) is 14.3. The highest BCUT2D eigenvalue weighted by Crippen LogP contribution is 2.20. The molecule has 0 aliphatic heterocycles. The fraction of sp³-hybridized carbons (Fsp3) is 0.286. The number of unbranched alkanes of at least 4 members (excludes halogenated alkanes) is 1. The number of hydrogen-bond acceptors (Lipinski definition) is 3. The normalized spacial score (nSPS) is 11.3. The standard InChI is InChI=1S/C21H23NO3/c1-16-6-8-17(9-7-16)10-11-18-12-14-19(15-13-18)20(23)4-2-3-5-21(24)22-25/h6-9,12-15,20,23,25H,2-5H2,1H3,(H,22,24)/t20-/m1/s1. The molecule has 0 aliphatic carbocycles. The van der Waals surface area contributed by atoms with Gasteiger partial charge >= 0.3 is 0 Å². The van der Waals surface area contributed by atoms with E-state index in [-0.39, 0.29) is 6.42 Å². The molecule has 2 rings (SSSR count). The zero-order chi connectivity index (χ0) is 18.1. The van der Waals surface area contributed by atoms with Gasteiger partial charge in [-0.05, 0) is 49.6 Å². The Morgan fingerprint density at radius 3 is 2.12 bits per heavy atom. The van der Waals surface area contributed by atoms with Crippen LogP contribution in [0.1, 0.15) is 54.0 Å². The van der Waals surface area contributed by atoms with Crippen molar-refractivity contribution in [2.24, 2.45) is 0 Å². The van der Waals surface area contributed by atoms with Gasteiger partial charge in [-0.3, -0.25) is 10.0 Å². The van der Waals surface area contributed by atoms with E-state index in [0.29, 0.717) is 19.3 Å². The number of hydroxylamine groups is 1. The summed E-state index contributed by atoms with van der Waals surface area (Å²) in [5.41, 5.74) is 5.53. The van der Waals surface area contributed by atoms with Gasteiger partial charge in [0.15, 0.2) is 0 Å². The number of aliphatic hydroxyl groups excluding tert-OH is 1. The summed E-state index contributed by atoms with van der Waals surface area (Å²) in [5, 5.41) is 18.6. The van der Waals surface area contributed by atoms with Gasteiger partial charge in [-0.15, -0.1) is 0 Å². The Hall–Kier alpha value is -2.61. The van der Waals surface area contributed by atoms with E-state index < -0.39 is 12.0 Å². The van der Waals surface area contributed by atoms with Crippen LogP contribution in [-0.4, -0.2) is 16.2 Å². The van der Waals surface area contributed by atoms with Crippen molar-refractivity contribution in [3.05, 3.63) is 70.8 Å². The molecule has 130 valence electrons. The topological polar surface area (TPSA) is 69.6 Å². The van der Waals surface area contributed by atoms with Crippen LogP contribution in [0.3, 0.4) is 0 Å². The molecule has 4 nitrogen and oxygen atoms in total. The number of nitrogens with one attached hydrogen (secondary N) is 1. The lowest BCUT2D eigenvalue weighted by Crippen LogP contribution is -2.17. The SMILES string of the molecule is Cc1ccc(C#Cc2ccc([C@H](O)CCCCC(=O)NO)cc2)cc1. The van der Waals surface area contributed by atoms with E-state index in [1.165, 1.54) is 5.56 Å². The molecule has 0 heterocycles. The molecule has 1 amide bonds. The van der Waals surface area contributed by atoms with Crippen molar-refractivity contribution in [1.82, 2.24) is 5.48 Å². The molecule has 2 aromatic rings. The molecule has 0 spiro atoms. The van der Waals surface area contributed by atoms with Crippen LogP contribution in [0.2, 0.25) is 0 Å². The summed E-state index contributed by atoms with van der Waals surface area (Å²) in [7, 11) is 0. The largest absolute Gasteiger partial charge is 0.388 e. The summed E-state index contributed by atoms with van der Waals surface area (Å²) in [5.74, 6) is 5.84. The summed E-state index contributed by atoms with van der Waals surface area (Å²) in [6, 6.07) is 15.6. The zero-order valence-corrected chi connectivity index (χ0v) is 14.3. The number of amides is 1. The van der Waals surface area contributed by atoms with Gasteiger partial charge in [-0.1, -0.05) is 48.1 Å². The maximum atomic E-state index is 10.9. The maximum Gasteiger partial charge on any atom is 0.243 e. The molecule has 0 unspecified atom stereocenters. The summed E-state index contributed by atoms with van der Waals surface area (Å²) < 4.78 is 0. The Morgan fingerprint density at radius 2 is 1.56 bits per heavy atom. The Morgan fingerprint density at radius 1 is 1.00 bits per heavy atom. The molecule has 25 heavy (non-hydrogen) atoms. The number of hydrogen-bond donors (Lipinski definition) is 3. The fourth-order valence-electron chi connectivity index (χ4n) is 2.42. The summed E-state index contributed by atoms with van der Waals surface area (Å²) in [6.45, 7) is 2.04. The summed E-state index contributed by atoms with van der Waals surface area (Å²) in [6.07, 6.45) is 1.62. The van der Waals surface area contributed by atoms with E-state index >= 15 is 0 Å². The van der Waals surface area contributed by atoms with Crippen molar-refractivity contribution in [1.29, 1.82) is 0 Å². The van der Waals surface area contributed by atoms with E-state index in [9.17, 15) is 9.90 Å². The van der Waals surface area contributed by atoms with Crippen LogP contribution >= 0.6 is 0 Å². The van der Waals surface area contributed by atoms with Crippen LogP contribution in [0.5, 0.6) is 0 Å². The third kappa shape index (κ3) is 6.42. The molecular weight excluding hydrogens is 314 g/mol. The third-order valence-corrected chi connectivity index (χ3v) is 3.95. The maximum absolute atomic E-state index is 10.9. The molecule has 4 heteroatoms. The van der Waals surface area contributed by atoms with Crippen molar-refractivity contribution in [2.75, 3.05) is 0 Å². The monoisotopic (exact) mass is 337 g/mol. The third-order valence-electron chi connectivity index (χ3n) is 3.95. The van der Waals surface area contributed by atoms with Crippen molar-refractivity contribution in [2.45, 2.75) is 38.7 Å². The number of benzene rings is 2. The first-order valence-corrected chi connectivity index (χ1v) is 8.38. The molecule has 0 saturated heterocycles. The summed E-state index contributed by atoms with van der Waals surface area (Å²) >= 11 is 0. The Kier molecular flexibility index (Phi) is 7.21. The van der Waals surface area contributed by atoms with E-state index in [1.54, 1.807) is 5.48 Å². The quantitative estimate of drug-likeness (QED) is 0.327. The van der Waals surface area contributed by atoms with Gasteiger partial charge in [-0.2, -0.15) is 0 Å². The van der Waals surface area contributed by atoms with Gasteiger partial charge in [0.2, 0.25) is 5.91 Å². The molecule has 0 aliphatic rings. The van der Waals surface area contributed by atoms with Crippen molar-refractivity contribution >= 4 is 5.91 Å². The van der Waals surface area contributed by atoms with Crippen LogP contribution in [0.4, 0.5) is 0 Å². The molecule has 0 aromatic heterocycles.